The smallest absolute Gasteiger partial charge is 0.341 e. The van der Waals surface area contributed by atoms with E-state index in [9.17, 15) is 24.5 Å². The van der Waals surface area contributed by atoms with E-state index in [-0.39, 0.29) is 22.8 Å². The van der Waals surface area contributed by atoms with Crippen molar-refractivity contribution in [3.63, 3.8) is 0 Å². The third-order valence-corrected chi connectivity index (χ3v) is 3.59. The average Bonchev–Trinajstić information content (AvgIpc) is 2.62. The minimum Gasteiger partial charge on any atom is -0.449 e. The van der Waals surface area contributed by atoms with E-state index in [1.807, 2.05) is 0 Å². The maximum absolute atomic E-state index is 12.2. The van der Waals surface area contributed by atoms with Gasteiger partial charge in [0.1, 0.15) is 0 Å². The number of nitro benzene ring substituents is 1. The van der Waals surface area contributed by atoms with E-state index in [0.717, 1.165) is 12.1 Å². The van der Waals surface area contributed by atoms with Crippen LogP contribution in [0.3, 0.4) is 0 Å². The minimum atomic E-state index is -1.14. The molecular weight excluding hydrogens is 368 g/mol. The standard InChI is InChI=1S/C18H18N4O6/c1-10(17(24)21-13-5-3-12(4-6-13)20-11(2)23)28-18(25)15-8-7-14(22(26)27)9-16(15)19/h3-10H,19H2,1-2H3,(H,20,23)(H,21,24)/t10-/m1/s1. The summed E-state index contributed by atoms with van der Waals surface area (Å²) in [6.07, 6.45) is -1.14. The van der Waals surface area contributed by atoms with E-state index in [0.29, 0.717) is 11.4 Å². The lowest BCUT2D eigenvalue weighted by Gasteiger charge is -2.14. The van der Waals surface area contributed by atoms with Crippen molar-refractivity contribution in [3.05, 3.63) is 58.1 Å². The molecule has 0 saturated carbocycles. The Kier molecular flexibility index (Phi) is 6.27. The summed E-state index contributed by atoms with van der Waals surface area (Å²) in [6, 6.07) is 9.68. The zero-order chi connectivity index (χ0) is 20.8. The Balaban J connectivity index is 1.99. The Hall–Kier alpha value is -3.95. The number of ether oxygens (including phenoxy) is 1. The molecule has 2 aromatic carbocycles. The molecule has 0 bridgehead atoms. The van der Waals surface area contributed by atoms with Gasteiger partial charge >= 0.3 is 5.97 Å². The lowest BCUT2D eigenvalue weighted by Crippen LogP contribution is -2.30. The number of carbonyl (C=O) groups is 3. The molecule has 0 heterocycles. The molecule has 0 aromatic heterocycles. The molecule has 0 radical (unpaired) electrons. The maximum Gasteiger partial charge on any atom is 0.341 e. The van der Waals surface area contributed by atoms with Gasteiger partial charge in [0.2, 0.25) is 5.91 Å². The highest BCUT2D eigenvalue weighted by molar-refractivity contribution is 5.99. The topological polar surface area (TPSA) is 154 Å². The number of nitrogens with two attached hydrogens (primary N) is 1. The van der Waals surface area contributed by atoms with Crippen LogP contribution in [-0.2, 0) is 14.3 Å². The number of rotatable bonds is 6. The van der Waals surface area contributed by atoms with Gasteiger partial charge in [0.25, 0.3) is 11.6 Å². The molecule has 2 aromatic rings. The summed E-state index contributed by atoms with van der Waals surface area (Å²) in [6.45, 7) is 2.75. The molecule has 0 fully saturated rings. The molecule has 0 aliphatic heterocycles. The Labute approximate surface area is 159 Å². The molecule has 0 aliphatic carbocycles. The van der Waals surface area contributed by atoms with Crippen molar-refractivity contribution >= 4 is 40.5 Å². The van der Waals surface area contributed by atoms with Gasteiger partial charge in [0.15, 0.2) is 6.10 Å². The zero-order valence-corrected chi connectivity index (χ0v) is 15.1. The molecule has 10 nitrogen and oxygen atoms in total. The molecule has 0 saturated heterocycles. The number of nitrogens with zero attached hydrogens (tertiary/aromatic N) is 1. The summed E-state index contributed by atoms with van der Waals surface area (Å²) in [5.74, 6) is -1.68. The highest BCUT2D eigenvalue weighted by Crippen LogP contribution is 2.21. The van der Waals surface area contributed by atoms with Crippen LogP contribution >= 0.6 is 0 Å². The number of esters is 1. The Bertz CT molecular complexity index is 926. The number of hydrogen-bond acceptors (Lipinski definition) is 7. The summed E-state index contributed by atoms with van der Waals surface area (Å²) in [4.78, 5) is 45.4. The number of anilines is 3. The van der Waals surface area contributed by atoms with Crippen LogP contribution in [0, 0.1) is 10.1 Å². The van der Waals surface area contributed by atoms with Crippen LogP contribution in [0.4, 0.5) is 22.7 Å². The van der Waals surface area contributed by atoms with Gasteiger partial charge in [-0.25, -0.2) is 4.79 Å². The van der Waals surface area contributed by atoms with Crippen LogP contribution in [0.25, 0.3) is 0 Å². The van der Waals surface area contributed by atoms with Crippen molar-refractivity contribution in [1.29, 1.82) is 0 Å². The number of amides is 2. The van der Waals surface area contributed by atoms with Crippen LogP contribution in [0.2, 0.25) is 0 Å². The number of nitrogen functional groups attached to an aromatic ring is 1. The molecule has 146 valence electrons. The number of non-ortho nitro benzene ring substituents is 1. The summed E-state index contributed by atoms with van der Waals surface area (Å²) in [5.41, 5.74) is 6.19. The van der Waals surface area contributed by atoms with Gasteiger partial charge in [-0.3, -0.25) is 19.7 Å². The SMILES string of the molecule is CC(=O)Nc1ccc(NC(=O)[C@@H](C)OC(=O)c2ccc([N+](=O)[O-])cc2N)cc1. The van der Waals surface area contributed by atoms with Crippen molar-refractivity contribution in [3.8, 4) is 0 Å². The van der Waals surface area contributed by atoms with Gasteiger partial charge in [0.05, 0.1) is 16.2 Å². The summed E-state index contributed by atoms with van der Waals surface area (Å²) in [5, 5.41) is 15.9. The van der Waals surface area contributed by atoms with Crippen LogP contribution in [-0.4, -0.2) is 28.8 Å². The van der Waals surface area contributed by atoms with Crippen LogP contribution in [0.15, 0.2) is 42.5 Å². The number of benzene rings is 2. The van der Waals surface area contributed by atoms with Crippen molar-refractivity contribution in [2.24, 2.45) is 0 Å². The molecular formula is C18H18N4O6. The fraction of sp³-hybridized carbons (Fsp3) is 0.167. The van der Waals surface area contributed by atoms with Crippen molar-refractivity contribution in [2.45, 2.75) is 20.0 Å². The summed E-state index contributed by atoms with van der Waals surface area (Å²) in [7, 11) is 0. The van der Waals surface area contributed by atoms with Gasteiger partial charge < -0.3 is 21.1 Å². The highest BCUT2D eigenvalue weighted by atomic mass is 16.6. The average molecular weight is 386 g/mol. The molecule has 4 N–H and O–H groups in total. The fourth-order valence-corrected chi connectivity index (χ4v) is 2.21. The van der Waals surface area contributed by atoms with E-state index in [1.54, 1.807) is 24.3 Å². The molecule has 2 rings (SSSR count). The van der Waals surface area contributed by atoms with Crippen LogP contribution in [0.5, 0.6) is 0 Å². The third kappa shape index (κ3) is 5.27. The Morgan fingerprint density at radius 2 is 1.64 bits per heavy atom. The van der Waals surface area contributed by atoms with Gasteiger partial charge in [-0.1, -0.05) is 0 Å². The lowest BCUT2D eigenvalue weighted by atomic mass is 10.1. The van der Waals surface area contributed by atoms with E-state index >= 15 is 0 Å². The predicted octanol–water partition coefficient (Wildman–Crippen LogP) is 2.32. The van der Waals surface area contributed by atoms with Gasteiger partial charge in [-0.2, -0.15) is 0 Å². The second kappa shape index (κ2) is 8.62. The highest BCUT2D eigenvalue weighted by Gasteiger charge is 2.21. The number of hydrogen-bond donors (Lipinski definition) is 3. The predicted molar refractivity (Wildman–Crippen MR) is 102 cm³/mol. The van der Waals surface area contributed by atoms with Crippen molar-refractivity contribution in [2.75, 3.05) is 16.4 Å². The molecule has 0 aliphatic rings. The van der Waals surface area contributed by atoms with E-state index in [4.69, 9.17) is 10.5 Å². The molecule has 0 unspecified atom stereocenters. The Morgan fingerprint density at radius 1 is 1.07 bits per heavy atom. The van der Waals surface area contributed by atoms with Crippen molar-refractivity contribution < 1.29 is 24.0 Å². The number of nitro groups is 1. The first-order valence-electron chi connectivity index (χ1n) is 8.11. The van der Waals surface area contributed by atoms with E-state index < -0.39 is 22.9 Å². The second-order valence-corrected chi connectivity index (χ2v) is 5.82. The quantitative estimate of drug-likeness (QED) is 0.298. The number of carbonyl (C=O) groups excluding carboxylic acids is 3. The van der Waals surface area contributed by atoms with Gasteiger partial charge in [-0.05, 0) is 37.3 Å². The molecule has 2 amide bonds. The van der Waals surface area contributed by atoms with Gasteiger partial charge in [-0.15, -0.1) is 0 Å². The maximum atomic E-state index is 12.2. The molecule has 1 atom stereocenters. The monoisotopic (exact) mass is 386 g/mol. The fourth-order valence-electron chi connectivity index (χ4n) is 2.21. The second-order valence-electron chi connectivity index (χ2n) is 5.82. The minimum absolute atomic E-state index is 0.0788. The van der Waals surface area contributed by atoms with Crippen LogP contribution in [0.1, 0.15) is 24.2 Å². The zero-order valence-electron chi connectivity index (χ0n) is 15.1. The molecule has 28 heavy (non-hydrogen) atoms. The summed E-state index contributed by atoms with van der Waals surface area (Å²) < 4.78 is 5.07. The largest absolute Gasteiger partial charge is 0.449 e. The first-order valence-corrected chi connectivity index (χ1v) is 8.11. The third-order valence-electron chi connectivity index (χ3n) is 3.59. The van der Waals surface area contributed by atoms with Crippen LogP contribution < -0.4 is 16.4 Å². The van der Waals surface area contributed by atoms with Crippen molar-refractivity contribution in [1.82, 2.24) is 0 Å². The van der Waals surface area contributed by atoms with E-state index in [1.165, 1.54) is 19.9 Å². The van der Waals surface area contributed by atoms with E-state index in [2.05, 4.69) is 10.6 Å². The number of nitrogens with one attached hydrogen (secondary N) is 2. The Morgan fingerprint density at radius 3 is 2.14 bits per heavy atom. The normalized spacial score (nSPS) is 11.2. The molecule has 0 spiro atoms. The first kappa shape index (κ1) is 20.4. The first-order chi connectivity index (χ1) is 13.2. The molecule has 10 heteroatoms. The lowest BCUT2D eigenvalue weighted by molar-refractivity contribution is -0.384. The summed E-state index contributed by atoms with van der Waals surface area (Å²) >= 11 is 0. The van der Waals surface area contributed by atoms with Gasteiger partial charge in [0, 0.05) is 30.4 Å².